The quantitative estimate of drug-likeness (QED) is 0.678. The fourth-order valence-corrected chi connectivity index (χ4v) is 5.55. The lowest BCUT2D eigenvalue weighted by molar-refractivity contribution is -0.118. The number of amides is 2. The third-order valence-corrected chi connectivity index (χ3v) is 7.80. The molecule has 2 aromatic rings. The van der Waals surface area contributed by atoms with Gasteiger partial charge in [-0.3, -0.25) is 9.59 Å². The van der Waals surface area contributed by atoms with Gasteiger partial charge in [0, 0.05) is 18.8 Å². The number of nitrogens with one attached hydrogen (secondary N) is 2. The zero-order valence-electron chi connectivity index (χ0n) is 17.1. The van der Waals surface area contributed by atoms with Gasteiger partial charge in [0.05, 0.1) is 9.77 Å². The van der Waals surface area contributed by atoms with Crippen molar-refractivity contribution in [3.05, 3.63) is 46.7 Å². The van der Waals surface area contributed by atoms with E-state index in [0.29, 0.717) is 23.7 Å². The third-order valence-electron chi connectivity index (χ3n) is 5.04. The first-order chi connectivity index (χ1) is 14.3. The number of anilines is 1. The topological polar surface area (TPSA) is 95.6 Å². The molecule has 1 aliphatic heterocycles. The molecule has 0 aliphatic carbocycles. The normalized spacial score (nSPS) is 16.2. The second kappa shape index (κ2) is 9.72. The lowest BCUT2D eigenvalue weighted by Crippen LogP contribution is -2.47. The van der Waals surface area contributed by atoms with Gasteiger partial charge in [0.1, 0.15) is 6.04 Å². The van der Waals surface area contributed by atoms with Crippen molar-refractivity contribution in [3.63, 3.8) is 0 Å². The van der Waals surface area contributed by atoms with Gasteiger partial charge in [-0.25, -0.2) is 8.42 Å². The minimum Gasteiger partial charge on any atom is -0.339 e. The van der Waals surface area contributed by atoms with Crippen molar-refractivity contribution in [2.75, 3.05) is 18.4 Å². The Morgan fingerprint density at radius 1 is 1.07 bits per heavy atom. The summed E-state index contributed by atoms with van der Waals surface area (Å²) in [5.74, 6) is -0.836. The van der Waals surface area contributed by atoms with E-state index < -0.39 is 16.1 Å². The monoisotopic (exact) mass is 449 g/mol. The summed E-state index contributed by atoms with van der Waals surface area (Å²) in [6.45, 7) is 4.72. The van der Waals surface area contributed by atoms with E-state index in [2.05, 4.69) is 10.6 Å². The van der Waals surface area contributed by atoms with Crippen LogP contribution >= 0.6 is 11.3 Å². The highest BCUT2D eigenvalue weighted by Crippen LogP contribution is 2.23. The lowest BCUT2D eigenvalue weighted by Gasteiger charge is -2.26. The van der Waals surface area contributed by atoms with Crippen molar-refractivity contribution in [1.29, 1.82) is 0 Å². The number of nitrogens with zero attached hydrogens (tertiary/aromatic N) is 1. The molecule has 1 aromatic carbocycles. The summed E-state index contributed by atoms with van der Waals surface area (Å²) in [5.41, 5.74) is 0.383. The van der Waals surface area contributed by atoms with Crippen LogP contribution in [0.4, 0.5) is 5.69 Å². The van der Waals surface area contributed by atoms with Crippen molar-refractivity contribution in [2.24, 2.45) is 5.92 Å². The third kappa shape index (κ3) is 5.27. The SMILES string of the molecule is CC(C)C(NC(=O)c1cccs1)C(=O)Nc1cccc(S(=O)(=O)N2CCCCC2)c1. The molecule has 3 rings (SSSR count). The molecule has 162 valence electrons. The van der Waals surface area contributed by atoms with Gasteiger partial charge in [0.15, 0.2) is 0 Å². The number of carbonyl (C=O) groups is 2. The molecule has 1 fully saturated rings. The highest BCUT2D eigenvalue weighted by Gasteiger charge is 2.28. The smallest absolute Gasteiger partial charge is 0.262 e. The van der Waals surface area contributed by atoms with Crippen molar-refractivity contribution in [1.82, 2.24) is 9.62 Å². The number of thiophene rings is 1. The molecular weight excluding hydrogens is 422 g/mol. The largest absolute Gasteiger partial charge is 0.339 e. The van der Waals surface area contributed by atoms with Gasteiger partial charge in [-0.1, -0.05) is 32.4 Å². The Bertz CT molecular complexity index is 981. The molecule has 2 amide bonds. The minimum absolute atomic E-state index is 0.144. The standard InChI is InChI=1S/C21H27N3O4S2/c1-15(2)19(23-20(25)18-10-7-13-29-18)21(26)22-16-8-6-9-17(14-16)30(27,28)24-11-4-3-5-12-24/h6-10,13-15,19H,3-5,11-12H2,1-2H3,(H,22,26)(H,23,25). The average Bonchev–Trinajstić information content (AvgIpc) is 3.27. The second-order valence-corrected chi connectivity index (χ2v) is 10.5. The number of sulfonamides is 1. The number of carbonyl (C=O) groups excluding carboxylic acids is 2. The molecular formula is C21H27N3O4S2. The summed E-state index contributed by atoms with van der Waals surface area (Å²) >= 11 is 1.30. The number of hydrogen-bond donors (Lipinski definition) is 2. The van der Waals surface area contributed by atoms with Gasteiger partial charge in [-0.2, -0.15) is 4.31 Å². The van der Waals surface area contributed by atoms with Crippen LogP contribution in [0.15, 0.2) is 46.7 Å². The van der Waals surface area contributed by atoms with E-state index in [1.807, 2.05) is 13.8 Å². The van der Waals surface area contributed by atoms with Crippen LogP contribution in [0.25, 0.3) is 0 Å². The molecule has 2 heterocycles. The van der Waals surface area contributed by atoms with Gasteiger partial charge < -0.3 is 10.6 Å². The molecule has 1 aromatic heterocycles. The van der Waals surface area contributed by atoms with Crippen LogP contribution in [-0.4, -0.2) is 43.7 Å². The van der Waals surface area contributed by atoms with Gasteiger partial charge in [0.25, 0.3) is 5.91 Å². The van der Waals surface area contributed by atoms with E-state index in [0.717, 1.165) is 19.3 Å². The van der Waals surface area contributed by atoms with Crippen LogP contribution in [-0.2, 0) is 14.8 Å². The summed E-state index contributed by atoms with van der Waals surface area (Å²) < 4.78 is 27.3. The molecule has 1 unspecified atom stereocenters. The van der Waals surface area contributed by atoms with E-state index in [-0.39, 0.29) is 22.6 Å². The zero-order chi connectivity index (χ0) is 21.7. The minimum atomic E-state index is -3.59. The van der Waals surface area contributed by atoms with Crippen LogP contribution in [0.1, 0.15) is 42.8 Å². The highest BCUT2D eigenvalue weighted by atomic mass is 32.2. The predicted molar refractivity (Wildman–Crippen MR) is 118 cm³/mol. The first-order valence-corrected chi connectivity index (χ1v) is 12.4. The molecule has 1 atom stereocenters. The van der Waals surface area contributed by atoms with Crippen LogP contribution in [0.2, 0.25) is 0 Å². The number of piperidine rings is 1. The van der Waals surface area contributed by atoms with Gasteiger partial charge in [0.2, 0.25) is 15.9 Å². The first kappa shape index (κ1) is 22.5. The maximum Gasteiger partial charge on any atom is 0.262 e. The maximum absolute atomic E-state index is 12.9. The van der Waals surface area contributed by atoms with E-state index in [4.69, 9.17) is 0 Å². The molecule has 2 N–H and O–H groups in total. The van der Waals surface area contributed by atoms with E-state index >= 15 is 0 Å². The Morgan fingerprint density at radius 3 is 2.43 bits per heavy atom. The van der Waals surface area contributed by atoms with E-state index in [9.17, 15) is 18.0 Å². The Morgan fingerprint density at radius 2 is 1.80 bits per heavy atom. The molecule has 30 heavy (non-hydrogen) atoms. The van der Waals surface area contributed by atoms with E-state index in [1.54, 1.807) is 29.6 Å². The Labute approximate surface area is 181 Å². The molecule has 1 aliphatic rings. The predicted octanol–water partition coefficient (Wildman–Crippen LogP) is 3.32. The van der Waals surface area contributed by atoms with Crippen molar-refractivity contribution >= 4 is 38.9 Å². The molecule has 0 bridgehead atoms. The number of rotatable bonds is 7. The van der Waals surface area contributed by atoms with Crippen LogP contribution in [0, 0.1) is 5.92 Å². The van der Waals surface area contributed by atoms with Crippen molar-refractivity contribution in [2.45, 2.75) is 44.0 Å². The molecule has 0 radical (unpaired) electrons. The summed E-state index contributed by atoms with van der Waals surface area (Å²) in [7, 11) is -3.59. The van der Waals surface area contributed by atoms with Gasteiger partial charge in [-0.05, 0) is 48.4 Å². The van der Waals surface area contributed by atoms with Gasteiger partial charge >= 0.3 is 0 Å². The Balaban J connectivity index is 1.73. The molecule has 9 heteroatoms. The van der Waals surface area contributed by atoms with Crippen LogP contribution < -0.4 is 10.6 Å². The summed E-state index contributed by atoms with van der Waals surface area (Å²) in [4.78, 5) is 25.9. The van der Waals surface area contributed by atoms with Gasteiger partial charge in [-0.15, -0.1) is 11.3 Å². The summed E-state index contributed by atoms with van der Waals surface area (Å²) in [5, 5.41) is 7.32. The first-order valence-electron chi connectivity index (χ1n) is 10.0. The van der Waals surface area contributed by atoms with E-state index in [1.165, 1.54) is 27.8 Å². The summed E-state index contributed by atoms with van der Waals surface area (Å²) in [6, 6.07) is 9.00. The lowest BCUT2D eigenvalue weighted by atomic mass is 10.0. The average molecular weight is 450 g/mol. The fraction of sp³-hybridized carbons (Fsp3) is 0.429. The second-order valence-electron chi connectivity index (χ2n) is 7.65. The molecule has 7 nitrogen and oxygen atoms in total. The Kier molecular flexibility index (Phi) is 7.27. The summed E-state index contributed by atoms with van der Waals surface area (Å²) in [6.07, 6.45) is 2.75. The molecule has 0 spiro atoms. The zero-order valence-corrected chi connectivity index (χ0v) is 18.8. The maximum atomic E-state index is 12.9. The fourth-order valence-electron chi connectivity index (χ4n) is 3.36. The Hall–Kier alpha value is -2.23. The molecule has 1 saturated heterocycles. The van der Waals surface area contributed by atoms with Crippen LogP contribution in [0.5, 0.6) is 0 Å². The molecule has 0 saturated carbocycles. The van der Waals surface area contributed by atoms with Crippen molar-refractivity contribution < 1.29 is 18.0 Å². The van der Waals surface area contributed by atoms with Crippen molar-refractivity contribution in [3.8, 4) is 0 Å². The van der Waals surface area contributed by atoms with Crippen LogP contribution in [0.3, 0.4) is 0 Å². The number of hydrogen-bond acceptors (Lipinski definition) is 5. The number of benzene rings is 1. The highest BCUT2D eigenvalue weighted by molar-refractivity contribution is 7.89.